The average Bonchev–Trinajstić information content (AvgIpc) is 2.91. The Kier molecular flexibility index (Phi) is 8.27. The van der Waals surface area contributed by atoms with Crippen molar-refractivity contribution < 1.29 is 14.3 Å². The standard InChI is InChI=1S/C27H34N8O3.C2H6/c1-15(16-9-5-10-16)31-24-21-25(33-26(32-24)23(28)38-27(29)36)34-35-19(17-7-3-2-4-8-17)14-37-20-12-6-11-18(13-30-21)22(20)35;1-2/h2-4,7-8,15-16,18-19,28,30H,5-6,9-14H2,1H3,(H2,29,36)(H2,31,32,33,34);1-2H3/t15-,18+,19+;/m1./s1. The maximum Gasteiger partial charge on any atom is 0.411 e. The number of hydrazine groups is 1. The predicted molar refractivity (Wildman–Crippen MR) is 155 cm³/mol. The van der Waals surface area contributed by atoms with Crippen molar-refractivity contribution in [2.45, 2.75) is 71.4 Å². The number of carbonyl (C=O) groups is 1. The first kappa shape index (κ1) is 27.5. The predicted octanol–water partition coefficient (Wildman–Crippen LogP) is 5.36. The monoisotopic (exact) mass is 548 g/mol. The summed E-state index contributed by atoms with van der Waals surface area (Å²) < 4.78 is 11.2. The minimum Gasteiger partial charge on any atom is -0.493 e. The van der Waals surface area contributed by atoms with Crippen LogP contribution in [-0.2, 0) is 9.47 Å². The lowest BCUT2D eigenvalue weighted by atomic mass is 9.80. The summed E-state index contributed by atoms with van der Waals surface area (Å²) >= 11 is 0. The van der Waals surface area contributed by atoms with Gasteiger partial charge >= 0.3 is 6.09 Å². The minimum absolute atomic E-state index is 0.0281. The number of carbonyl (C=O) groups excluding carboxylic acids is 1. The minimum atomic E-state index is -1.08. The molecule has 11 heteroatoms. The molecule has 2 aliphatic carbocycles. The van der Waals surface area contributed by atoms with Crippen LogP contribution in [0.1, 0.15) is 76.7 Å². The van der Waals surface area contributed by atoms with E-state index in [9.17, 15) is 4.79 Å². The summed E-state index contributed by atoms with van der Waals surface area (Å²) in [5.41, 5.74) is 11.8. The Morgan fingerprint density at radius 2 is 1.98 bits per heavy atom. The van der Waals surface area contributed by atoms with E-state index in [0.29, 0.717) is 30.7 Å². The molecule has 1 aromatic heterocycles. The normalized spacial score (nSPS) is 22.1. The van der Waals surface area contributed by atoms with Crippen LogP contribution in [0.3, 0.4) is 0 Å². The van der Waals surface area contributed by atoms with Gasteiger partial charge in [-0.15, -0.1) is 0 Å². The second-order valence-corrected chi connectivity index (χ2v) is 10.5. The number of hydrogen-bond donors (Lipinski definition) is 5. The van der Waals surface area contributed by atoms with Crippen LogP contribution in [-0.4, -0.2) is 46.2 Å². The van der Waals surface area contributed by atoms with Crippen LogP contribution in [0.15, 0.2) is 41.8 Å². The fourth-order valence-corrected chi connectivity index (χ4v) is 5.83. The lowest BCUT2D eigenvalue weighted by Crippen LogP contribution is -2.46. The molecule has 1 amide bonds. The number of rotatable bonds is 5. The van der Waals surface area contributed by atoms with Gasteiger partial charge in [0.25, 0.3) is 5.90 Å². The van der Waals surface area contributed by atoms with Crippen molar-refractivity contribution in [3.63, 3.8) is 0 Å². The molecule has 1 saturated carbocycles. The Labute approximate surface area is 235 Å². The second-order valence-electron chi connectivity index (χ2n) is 10.5. The van der Waals surface area contributed by atoms with E-state index in [4.69, 9.17) is 20.6 Å². The Hall–Kier alpha value is -4.02. The van der Waals surface area contributed by atoms with E-state index in [0.717, 1.165) is 42.0 Å². The van der Waals surface area contributed by atoms with Crippen LogP contribution in [0.5, 0.6) is 0 Å². The maximum atomic E-state index is 11.4. The van der Waals surface area contributed by atoms with Crippen LogP contribution in [0.2, 0.25) is 0 Å². The summed E-state index contributed by atoms with van der Waals surface area (Å²) in [6, 6.07) is 10.4. The zero-order valence-electron chi connectivity index (χ0n) is 23.5. The van der Waals surface area contributed by atoms with E-state index in [1.54, 1.807) is 0 Å². The van der Waals surface area contributed by atoms with Gasteiger partial charge in [-0.2, -0.15) is 0 Å². The number of ether oxygens (including phenoxy) is 2. The molecule has 11 nitrogen and oxygen atoms in total. The van der Waals surface area contributed by atoms with Crippen molar-refractivity contribution in [3.05, 3.63) is 53.2 Å². The average molecular weight is 549 g/mol. The summed E-state index contributed by atoms with van der Waals surface area (Å²) in [5.74, 6) is 2.36. The number of nitrogens with one attached hydrogen (secondary N) is 4. The lowest BCUT2D eigenvalue weighted by molar-refractivity contribution is 0.0613. The zero-order chi connectivity index (χ0) is 28.2. The highest BCUT2D eigenvalue weighted by molar-refractivity contribution is 5.96. The van der Waals surface area contributed by atoms with Crippen LogP contribution in [0.25, 0.3) is 0 Å². The van der Waals surface area contributed by atoms with Crippen LogP contribution in [0.4, 0.5) is 22.1 Å². The highest BCUT2D eigenvalue weighted by Gasteiger charge is 2.40. The number of fused-ring (bicyclic) bond motifs is 1. The van der Waals surface area contributed by atoms with E-state index in [2.05, 4.69) is 50.1 Å². The summed E-state index contributed by atoms with van der Waals surface area (Å²) in [6.07, 6.45) is 5.52. The Bertz CT molecular complexity index is 1260. The van der Waals surface area contributed by atoms with E-state index in [1.165, 1.54) is 19.3 Å². The Morgan fingerprint density at radius 3 is 2.67 bits per heavy atom. The maximum absolute atomic E-state index is 11.4. The molecule has 3 heterocycles. The van der Waals surface area contributed by atoms with Crippen LogP contribution >= 0.6 is 0 Å². The molecule has 0 unspecified atom stereocenters. The van der Waals surface area contributed by atoms with Gasteiger partial charge in [0, 0.05) is 24.9 Å². The van der Waals surface area contributed by atoms with Crippen molar-refractivity contribution >= 4 is 29.3 Å². The van der Waals surface area contributed by atoms with Crippen molar-refractivity contribution in [2.75, 3.05) is 29.2 Å². The van der Waals surface area contributed by atoms with Gasteiger partial charge in [0.05, 0.1) is 5.70 Å². The molecule has 3 atom stereocenters. The molecule has 0 saturated heterocycles. The van der Waals surface area contributed by atoms with Gasteiger partial charge in [0.1, 0.15) is 24.1 Å². The fraction of sp³-hybridized carbons (Fsp3) is 0.517. The number of allylic oxidation sites excluding steroid dienone is 1. The lowest BCUT2D eigenvalue weighted by Gasteiger charge is -2.46. The number of nitrogens with two attached hydrogens (primary N) is 1. The number of benzene rings is 1. The molecule has 6 rings (SSSR count). The molecule has 214 valence electrons. The first-order valence-corrected chi connectivity index (χ1v) is 14.4. The molecule has 0 spiro atoms. The summed E-state index contributed by atoms with van der Waals surface area (Å²) in [5, 5.41) is 17.6. The number of primary amides is 1. The fourth-order valence-electron chi connectivity index (χ4n) is 5.83. The van der Waals surface area contributed by atoms with Crippen molar-refractivity contribution in [3.8, 4) is 0 Å². The molecule has 40 heavy (non-hydrogen) atoms. The molecule has 0 radical (unpaired) electrons. The van der Waals surface area contributed by atoms with Crippen LogP contribution < -0.4 is 21.8 Å². The van der Waals surface area contributed by atoms with Gasteiger partial charge in [-0.25, -0.2) is 14.8 Å². The smallest absolute Gasteiger partial charge is 0.411 e. The van der Waals surface area contributed by atoms with E-state index < -0.39 is 12.0 Å². The van der Waals surface area contributed by atoms with Crippen molar-refractivity contribution in [2.24, 2.45) is 17.6 Å². The van der Waals surface area contributed by atoms with E-state index >= 15 is 0 Å². The third kappa shape index (κ3) is 5.50. The van der Waals surface area contributed by atoms with Gasteiger partial charge in [-0.05, 0) is 44.1 Å². The summed E-state index contributed by atoms with van der Waals surface area (Å²) in [6.45, 7) is 7.36. The highest BCUT2D eigenvalue weighted by Crippen LogP contribution is 2.44. The molecule has 2 aromatic rings. The highest BCUT2D eigenvalue weighted by atomic mass is 16.6. The van der Waals surface area contributed by atoms with E-state index in [-0.39, 0.29) is 23.8 Å². The largest absolute Gasteiger partial charge is 0.493 e. The van der Waals surface area contributed by atoms with Gasteiger partial charge in [0.15, 0.2) is 11.6 Å². The number of aromatic nitrogens is 2. The first-order chi connectivity index (χ1) is 19.5. The second kappa shape index (κ2) is 12.0. The number of hydrogen-bond acceptors (Lipinski definition) is 10. The molecule has 1 aromatic carbocycles. The van der Waals surface area contributed by atoms with Gasteiger partial charge < -0.3 is 25.8 Å². The Balaban J connectivity index is 0.00000158. The van der Waals surface area contributed by atoms with Gasteiger partial charge in [-0.1, -0.05) is 50.6 Å². The third-order valence-corrected chi connectivity index (χ3v) is 8.09. The van der Waals surface area contributed by atoms with Gasteiger partial charge in [0.2, 0.25) is 5.82 Å². The molecule has 2 aliphatic heterocycles. The van der Waals surface area contributed by atoms with Gasteiger partial charge in [-0.3, -0.25) is 15.8 Å². The molecular formula is C29H40N8O3. The number of anilines is 3. The molecule has 6 N–H and O–H groups in total. The molecular weight excluding hydrogens is 508 g/mol. The zero-order valence-corrected chi connectivity index (χ0v) is 23.5. The van der Waals surface area contributed by atoms with Crippen LogP contribution in [0, 0.1) is 17.2 Å². The SMILES string of the molecule is CC.C[C@@H](Nc1nc(C(=N)OC(N)=O)nc2c1NC[C@@H]1CCCC3=C1N(N2)[C@H](c1ccccc1)CO3)C1CCC1. The molecule has 1 fully saturated rings. The molecule has 4 aliphatic rings. The summed E-state index contributed by atoms with van der Waals surface area (Å²) in [7, 11) is 0. The topological polar surface area (TPSA) is 151 Å². The van der Waals surface area contributed by atoms with Crippen molar-refractivity contribution in [1.29, 1.82) is 5.41 Å². The molecule has 0 bridgehead atoms. The summed E-state index contributed by atoms with van der Waals surface area (Å²) in [4.78, 5) is 20.7. The quantitative estimate of drug-likeness (QED) is 0.246. The number of amides is 1. The van der Waals surface area contributed by atoms with E-state index in [1.807, 2.05) is 32.0 Å². The number of nitrogens with zero attached hydrogens (tertiary/aromatic N) is 3. The first-order valence-electron chi connectivity index (χ1n) is 14.4. The third-order valence-electron chi connectivity index (χ3n) is 8.09. The van der Waals surface area contributed by atoms with Crippen molar-refractivity contribution in [1.82, 2.24) is 15.0 Å². The Morgan fingerprint density at radius 1 is 1.20 bits per heavy atom.